The van der Waals surface area contributed by atoms with Crippen molar-refractivity contribution in [1.82, 2.24) is 9.80 Å². The first-order valence-electron chi connectivity index (χ1n) is 6.59. The maximum atomic E-state index is 9.49. The van der Waals surface area contributed by atoms with E-state index in [1.54, 1.807) is 11.3 Å². The number of nitriles is 1. The van der Waals surface area contributed by atoms with Crippen molar-refractivity contribution in [3.05, 3.63) is 21.9 Å². The fraction of sp³-hybridized carbons (Fsp3) is 0.643. The molecule has 0 amide bonds. The second-order valence-corrected chi connectivity index (χ2v) is 5.92. The maximum absolute atomic E-state index is 9.49. The first kappa shape index (κ1) is 13.5. The van der Waals surface area contributed by atoms with Crippen molar-refractivity contribution in [2.45, 2.75) is 32.9 Å². The molecule has 0 saturated carbocycles. The Balaban J connectivity index is 2.12. The van der Waals surface area contributed by atoms with Gasteiger partial charge in [-0.05, 0) is 37.4 Å². The van der Waals surface area contributed by atoms with E-state index in [-0.39, 0.29) is 6.04 Å². The number of hydrogen-bond acceptors (Lipinski definition) is 4. The monoisotopic (exact) mass is 263 g/mol. The van der Waals surface area contributed by atoms with Gasteiger partial charge in [-0.3, -0.25) is 9.80 Å². The zero-order valence-electron chi connectivity index (χ0n) is 11.4. The molecule has 1 aliphatic rings. The van der Waals surface area contributed by atoms with Gasteiger partial charge in [0.1, 0.15) is 6.04 Å². The summed E-state index contributed by atoms with van der Waals surface area (Å²) in [5, 5.41) is 11.6. The Kier molecular flexibility index (Phi) is 4.39. The van der Waals surface area contributed by atoms with E-state index >= 15 is 0 Å². The number of likely N-dealkylation sites (N-methyl/N-ethyl adjacent to an activating group) is 1. The minimum atomic E-state index is -0.0635. The number of piperazine rings is 1. The van der Waals surface area contributed by atoms with Crippen LogP contribution in [0.2, 0.25) is 0 Å². The third-order valence-corrected chi connectivity index (χ3v) is 4.91. The minimum absolute atomic E-state index is 0.0635. The number of aryl methyl sites for hydroxylation is 1. The zero-order chi connectivity index (χ0) is 13.1. The van der Waals surface area contributed by atoms with E-state index in [1.807, 2.05) is 0 Å². The van der Waals surface area contributed by atoms with E-state index < -0.39 is 0 Å². The molecule has 0 radical (unpaired) electrons. The van der Waals surface area contributed by atoms with Gasteiger partial charge in [0.2, 0.25) is 0 Å². The second kappa shape index (κ2) is 5.83. The largest absolute Gasteiger partial charge is 0.298 e. The molecule has 4 heteroatoms. The summed E-state index contributed by atoms with van der Waals surface area (Å²) in [6.07, 6.45) is 0. The Morgan fingerprint density at radius 1 is 1.56 bits per heavy atom. The fourth-order valence-corrected chi connectivity index (χ4v) is 3.70. The van der Waals surface area contributed by atoms with Crippen molar-refractivity contribution in [1.29, 1.82) is 5.26 Å². The summed E-state index contributed by atoms with van der Waals surface area (Å²) in [5.74, 6) is 0. The first-order chi connectivity index (χ1) is 8.67. The second-order valence-electron chi connectivity index (χ2n) is 4.97. The summed E-state index contributed by atoms with van der Waals surface area (Å²) in [6, 6.07) is 5.07. The lowest BCUT2D eigenvalue weighted by Gasteiger charge is -2.41. The average molecular weight is 263 g/mol. The molecule has 2 unspecified atom stereocenters. The Morgan fingerprint density at radius 3 is 2.83 bits per heavy atom. The lowest BCUT2D eigenvalue weighted by molar-refractivity contribution is 0.0736. The zero-order valence-corrected chi connectivity index (χ0v) is 12.2. The molecule has 0 aromatic carbocycles. The fourth-order valence-electron chi connectivity index (χ4n) is 2.70. The summed E-state index contributed by atoms with van der Waals surface area (Å²) in [6.45, 7) is 10.7. The van der Waals surface area contributed by atoms with Crippen molar-refractivity contribution in [2.24, 2.45) is 0 Å². The topological polar surface area (TPSA) is 30.3 Å². The molecule has 1 fully saturated rings. The van der Waals surface area contributed by atoms with Gasteiger partial charge in [-0.2, -0.15) is 5.26 Å². The number of hydrogen-bond donors (Lipinski definition) is 0. The lowest BCUT2D eigenvalue weighted by Crippen LogP contribution is -2.52. The van der Waals surface area contributed by atoms with Gasteiger partial charge in [0.25, 0.3) is 0 Å². The maximum Gasteiger partial charge on any atom is 0.133 e. The molecule has 2 atom stereocenters. The molecular weight excluding hydrogens is 242 g/mol. The summed E-state index contributed by atoms with van der Waals surface area (Å²) < 4.78 is 0. The van der Waals surface area contributed by atoms with Crippen molar-refractivity contribution in [3.63, 3.8) is 0 Å². The van der Waals surface area contributed by atoms with Crippen molar-refractivity contribution >= 4 is 11.3 Å². The Labute approximate surface area is 114 Å². The molecule has 98 valence electrons. The number of thiophene rings is 1. The SMILES string of the molecule is CCN1CCN(C(C#N)c2sccc2C)CC1C. The molecule has 18 heavy (non-hydrogen) atoms. The summed E-state index contributed by atoms with van der Waals surface area (Å²) >= 11 is 1.71. The highest BCUT2D eigenvalue weighted by Gasteiger charge is 2.29. The highest BCUT2D eigenvalue weighted by molar-refractivity contribution is 7.10. The van der Waals surface area contributed by atoms with E-state index in [2.05, 4.69) is 48.1 Å². The van der Waals surface area contributed by atoms with Crippen LogP contribution in [0.3, 0.4) is 0 Å². The van der Waals surface area contributed by atoms with Crippen LogP contribution in [-0.4, -0.2) is 42.0 Å². The highest BCUT2D eigenvalue weighted by atomic mass is 32.1. The summed E-state index contributed by atoms with van der Waals surface area (Å²) in [7, 11) is 0. The lowest BCUT2D eigenvalue weighted by atomic mass is 10.1. The normalized spacial score (nSPS) is 23.8. The van der Waals surface area contributed by atoms with Crippen LogP contribution < -0.4 is 0 Å². The predicted octanol–water partition coefficient (Wildman–Crippen LogP) is 2.65. The third kappa shape index (κ3) is 2.59. The molecule has 1 aromatic rings. The van der Waals surface area contributed by atoms with Crippen LogP contribution in [0.5, 0.6) is 0 Å². The standard InChI is InChI=1S/C14H21N3S/c1-4-16-6-7-17(10-12(16)3)13(9-15)14-11(2)5-8-18-14/h5,8,12-13H,4,6-7,10H2,1-3H3. The van der Waals surface area contributed by atoms with E-state index in [1.165, 1.54) is 10.4 Å². The van der Waals surface area contributed by atoms with E-state index in [4.69, 9.17) is 0 Å². The number of rotatable bonds is 3. The van der Waals surface area contributed by atoms with Crippen molar-refractivity contribution in [3.8, 4) is 6.07 Å². The van der Waals surface area contributed by atoms with Gasteiger partial charge in [0.15, 0.2) is 0 Å². The molecular formula is C14H21N3S. The van der Waals surface area contributed by atoms with Gasteiger partial charge >= 0.3 is 0 Å². The molecule has 2 rings (SSSR count). The molecule has 0 spiro atoms. The van der Waals surface area contributed by atoms with Crippen LogP contribution in [-0.2, 0) is 0 Å². The smallest absolute Gasteiger partial charge is 0.133 e. The van der Waals surface area contributed by atoms with Crippen molar-refractivity contribution < 1.29 is 0 Å². The third-order valence-electron chi connectivity index (χ3n) is 3.84. The molecule has 1 aromatic heterocycles. The quantitative estimate of drug-likeness (QED) is 0.840. The van der Waals surface area contributed by atoms with E-state index in [9.17, 15) is 5.26 Å². The van der Waals surface area contributed by atoms with Gasteiger partial charge in [-0.25, -0.2) is 0 Å². The Hall–Kier alpha value is -0.890. The van der Waals surface area contributed by atoms with Gasteiger partial charge in [0.05, 0.1) is 6.07 Å². The number of nitrogens with zero attached hydrogens (tertiary/aromatic N) is 3. The van der Waals surface area contributed by atoms with Gasteiger partial charge < -0.3 is 0 Å². The highest BCUT2D eigenvalue weighted by Crippen LogP contribution is 2.29. The van der Waals surface area contributed by atoms with Crippen LogP contribution in [0.4, 0.5) is 0 Å². The summed E-state index contributed by atoms with van der Waals surface area (Å²) in [4.78, 5) is 6.02. The van der Waals surface area contributed by atoms with Crippen LogP contribution in [0.1, 0.15) is 30.3 Å². The molecule has 1 aliphatic heterocycles. The molecule has 1 saturated heterocycles. The van der Waals surface area contributed by atoms with Gasteiger partial charge in [0, 0.05) is 30.6 Å². The predicted molar refractivity (Wildman–Crippen MR) is 75.7 cm³/mol. The molecule has 0 aliphatic carbocycles. The van der Waals surface area contributed by atoms with Gasteiger partial charge in [-0.1, -0.05) is 6.92 Å². The van der Waals surface area contributed by atoms with E-state index in [0.717, 1.165) is 26.2 Å². The first-order valence-corrected chi connectivity index (χ1v) is 7.47. The van der Waals surface area contributed by atoms with Crippen LogP contribution >= 0.6 is 11.3 Å². The minimum Gasteiger partial charge on any atom is -0.298 e. The average Bonchev–Trinajstić information content (AvgIpc) is 2.77. The molecule has 2 heterocycles. The van der Waals surface area contributed by atoms with E-state index in [0.29, 0.717) is 6.04 Å². The summed E-state index contributed by atoms with van der Waals surface area (Å²) in [5.41, 5.74) is 1.25. The van der Waals surface area contributed by atoms with Gasteiger partial charge in [-0.15, -0.1) is 11.3 Å². The van der Waals surface area contributed by atoms with Crippen LogP contribution in [0.15, 0.2) is 11.4 Å². The van der Waals surface area contributed by atoms with Crippen molar-refractivity contribution in [2.75, 3.05) is 26.2 Å². The molecule has 3 nitrogen and oxygen atoms in total. The Morgan fingerprint density at radius 2 is 2.33 bits per heavy atom. The molecule has 0 N–H and O–H groups in total. The van der Waals surface area contributed by atoms with Crippen LogP contribution in [0.25, 0.3) is 0 Å². The Bertz CT molecular complexity index is 434. The van der Waals surface area contributed by atoms with Crippen LogP contribution in [0, 0.1) is 18.3 Å². The molecule has 0 bridgehead atoms.